The average molecular weight is 409 g/mol. The van der Waals surface area contributed by atoms with Gasteiger partial charge in [-0.1, -0.05) is 5.92 Å². The summed E-state index contributed by atoms with van der Waals surface area (Å²) in [5.41, 5.74) is 0.0288. The molecule has 2 aliphatic heterocycles. The van der Waals surface area contributed by atoms with Crippen LogP contribution in [0.5, 0.6) is 0 Å². The second kappa shape index (κ2) is 8.73. The molecule has 1 amide bonds. The molecular weight excluding hydrogens is 382 g/mol. The molecule has 2 aliphatic rings. The molecule has 0 aromatic carbocycles. The minimum absolute atomic E-state index is 0.107. The highest BCUT2D eigenvalue weighted by Crippen LogP contribution is 2.31. The van der Waals surface area contributed by atoms with E-state index in [4.69, 9.17) is 6.42 Å². The van der Waals surface area contributed by atoms with Crippen molar-refractivity contribution in [2.24, 2.45) is 0 Å². The summed E-state index contributed by atoms with van der Waals surface area (Å²) >= 11 is 0. The van der Waals surface area contributed by atoms with E-state index < -0.39 is 12.0 Å². The molecule has 0 radical (unpaired) electrons. The monoisotopic (exact) mass is 409 g/mol. The Morgan fingerprint density at radius 1 is 1.37 bits per heavy atom. The van der Waals surface area contributed by atoms with Crippen molar-refractivity contribution in [2.45, 2.75) is 50.2 Å². The first-order chi connectivity index (χ1) is 14.3. The summed E-state index contributed by atoms with van der Waals surface area (Å²) in [7, 11) is 1.93. The summed E-state index contributed by atoms with van der Waals surface area (Å²) in [5, 5.41) is 18.5. The summed E-state index contributed by atoms with van der Waals surface area (Å²) in [6.07, 6.45) is 9.97. The van der Waals surface area contributed by atoms with E-state index in [0.717, 1.165) is 12.8 Å². The standard InChI is InChI=1S/C22H27N5O3/c1-4-17-5-6-18(14-23)27(17)20(28)15-25(3)22(2)8-11-26(12-9-22)19-13-16(21(29)30)7-10-24-19/h1,7,10,13,17-18H,5-6,8-9,11-12,15H2,2-3H3,(H,29,30)/t17-,18-/m0/s1. The minimum Gasteiger partial charge on any atom is -0.478 e. The van der Waals surface area contributed by atoms with E-state index in [1.54, 1.807) is 11.0 Å². The zero-order valence-corrected chi connectivity index (χ0v) is 17.4. The predicted octanol–water partition coefficient (Wildman–Crippen LogP) is 1.59. The molecule has 1 N–H and O–H groups in total. The Morgan fingerprint density at radius 3 is 2.63 bits per heavy atom. The number of hydrogen-bond donors (Lipinski definition) is 1. The van der Waals surface area contributed by atoms with Crippen LogP contribution in [0.25, 0.3) is 0 Å². The van der Waals surface area contributed by atoms with Crippen LogP contribution in [0, 0.1) is 23.7 Å². The highest BCUT2D eigenvalue weighted by molar-refractivity contribution is 5.88. The molecule has 0 spiro atoms. The molecule has 158 valence electrons. The lowest BCUT2D eigenvalue weighted by Crippen LogP contribution is -2.55. The number of anilines is 1. The Morgan fingerprint density at radius 2 is 2.03 bits per heavy atom. The number of amides is 1. The van der Waals surface area contributed by atoms with E-state index in [2.05, 4.69) is 28.8 Å². The van der Waals surface area contributed by atoms with E-state index in [0.29, 0.717) is 31.7 Å². The number of likely N-dealkylation sites (N-methyl/N-ethyl adjacent to an activating group) is 1. The van der Waals surface area contributed by atoms with Crippen LogP contribution in [-0.2, 0) is 4.79 Å². The first-order valence-electron chi connectivity index (χ1n) is 10.1. The average Bonchev–Trinajstić information content (AvgIpc) is 3.17. The molecule has 0 aliphatic carbocycles. The molecule has 8 heteroatoms. The molecule has 2 saturated heterocycles. The van der Waals surface area contributed by atoms with Gasteiger partial charge < -0.3 is 14.9 Å². The van der Waals surface area contributed by atoms with Gasteiger partial charge in [-0.3, -0.25) is 9.69 Å². The maximum atomic E-state index is 12.9. The van der Waals surface area contributed by atoms with Crippen molar-refractivity contribution in [3.63, 3.8) is 0 Å². The molecule has 2 atom stereocenters. The fourth-order valence-electron chi connectivity index (χ4n) is 4.25. The number of carboxylic acids is 1. The van der Waals surface area contributed by atoms with Crippen LogP contribution in [-0.4, -0.2) is 76.1 Å². The quantitative estimate of drug-likeness (QED) is 0.737. The second-order valence-electron chi connectivity index (χ2n) is 8.25. The highest BCUT2D eigenvalue weighted by atomic mass is 16.4. The van der Waals surface area contributed by atoms with Crippen LogP contribution < -0.4 is 4.90 Å². The Balaban J connectivity index is 1.63. The van der Waals surface area contributed by atoms with Gasteiger partial charge in [-0.25, -0.2) is 9.78 Å². The first kappa shape index (κ1) is 21.6. The molecular formula is C22H27N5O3. The molecule has 0 saturated carbocycles. The number of likely N-dealkylation sites (tertiary alicyclic amines) is 1. The van der Waals surface area contributed by atoms with E-state index in [-0.39, 0.29) is 29.6 Å². The summed E-state index contributed by atoms with van der Waals surface area (Å²) in [6.45, 7) is 3.76. The van der Waals surface area contributed by atoms with Crippen LogP contribution in [0.2, 0.25) is 0 Å². The van der Waals surface area contributed by atoms with Crippen molar-refractivity contribution in [3.05, 3.63) is 23.9 Å². The third-order valence-corrected chi connectivity index (χ3v) is 6.47. The molecule has 30 heavy (non-hydrogen) atoms. The van der Waals surface area contributed by atoms with Crippen LogP contribution in [0.15, 0.2) is 18.3 Å². The Hall–Kier alpha value is -3.10. The van der Waals surface area contributed by atoms with Gasteiger partial charge in [-0.2, -0.15) is 5.26 Å². The van der Waals surface area contributed by atoms with E-state index >= 15 is 0 Å². The number of carbonyl (C=O) groups excluding carboxylic acids is 1. The van der Waals surface area contributed by atoms with Crippen molar-refractivity contribution in [2.75, 3.05) is 31.6 Å². The number of hydrogen-bond acceptors (Lipinski definition) is 6. The fraction of sp³-hybridized carbons (Fsp3) is 0.545. The second-order valence-corrected chi connectivity index (χ2v) is 8.25. The molecule has 3 heterocycles. The Kier molecular flexibility index (Phi) is 6.28. The number of pyridine rings is 1. The maximum Gasteiger partial charge on any atom is 0.335 e. The third-order valence-electron chi connectivity index (χ3n) is 6.47. The van der Waals surface area contributed by atoms with Crippen LogP contribution in [0.1, 0.15) is 43.0 Å². The molecule has 1 aromatic rings. The zero-order valence-electron chi connectivity index (χ0n) is 17.4. The largest absolute Gasteiger partial charge is 0.478 e. The normalized spacial score (nSPS) is 23.1. The lowest BCUT2D eigenvalue weighted by atomic mass is 9.88. The number of carbonyl (C=O) groups is 2. The number of carboxylic acid groups (broad SMARTS) is 1. The number of terminal acetylenes is 1. The van der Waals surface area contributed by atoms with Gasteiger partial charge in [0.1, 0.15) is 11.9 Å². The van der Waals surface area contributed by atoms with E-state index in [9.17, 15) is 20.0 Å². The van der Waals surface area contributed by atoms with Gasteiger partial charge in [0.25, 0.3) is 0 Å². The minimum atomic E-state index is -0.971. The first-order valence-corrected chi connectivity index (χ1v) is 10.1. The highest BCUT2D eigenvalue weighted by Gasteiger charge is 2.39. The van der Waals surface area contributed by atoms with E-state index in [1.165, 1.54) is 12.3 Å². The van der Waals surface area contributed by atoms with Crippen molar-refractivity contribution >= 4 is 17.7 Å². The van der Waals surface area contributed by atoms with Gasteiger partial charge >= 0.3 is 5.97 Å². The van der Waals surface area contributed by atoms with Crippen LogP contribution >= 0.6 is 0 Å². The van der Waals surface area contributed by atoms with Crippen molar-refractivity contribution in [3.8, 4) is 18.4 Å². The number of nitriles is 1. The van der Waals surface area contributed by atoms with Gasteiger partial charge in [0, 0.05) is 24.8 Å². The molecule has 3 rings (SSSR count). The topological polar surface area (TPSA) is 101 Å². The predicted molar refractivity (Wildman–Crippen MR) is 112 cm³/mol. The van der Waals surface area contributed by atoms with Crippen molar-refractivity contribution in [1.82, 2.24) is 14.8 Å². The van der Waals surface area contributed by atoms with Gasteiger partial charge in [0.15, 0.2) is 0 Å². The number of aromatic nitrogens is 1. The molecule has 8 nitrogen and oxygen atoms in total. The summed E-state index contributed by atoms with van der Waals surface area (Å²) in [5.74, 6) is 2.21. The fourth-order valence-corrected chi connectivity index (χ4v) is 4.25. The summed E-state index contributed by atoms with van der Waals surface area (Å²) in [6, 6.07) is 4.51. The Labute approximate surface area is 177 Å². The van der Waals surface area contributed by atoms with Gasteiger partial charge in [-0.05, 0) is 51.8 Å². The summed E-state index contributed by atoms with van der Waals surface area (Å²) in [4.78, 5) is 34.1. The molecule has 1 aromatic heterocycles. The maximum absolute atomic E-state index is 12.9. The SMILES string of the molecule is C#C[C@H]1CC[C@@H](C#N)N1C(=O)CN(C)C1(C)CCN(c2cc(C(=O)O)ccn2)CC1. The van der Waals surface area contributed by atoms with Crippen molar-refractivity contribution in [1.29, 1.82) is 5.26 Å². The molecule has 2 fully saturated rings. The molecule has 0 unspecified atom stereocenters. The summed E-state index contributed by atoms with van der Waals surface area (Å²) < 4.78 is 0. The third kappa shape index (κ3) is 4.24. The van der Waals surface area contributed by atoms with Gasteiger partial charge in [0.05, 0.1) is 24.2 Å². The number of aromatic carboxylic acids is 1. The number of nitrogens with zero attached hydrogens (tertiary/aromatic N) is 5. The molecule has 0 bridgehead atoms. The van der Waals surface area contributed by atoms with Crippen LogP contribution in [0.3, 0.4) is 0 Å². The lowest BCUT2D eigenvalue weighted by molar-refractivity contribution is -0.134. The van der Waals surface area contributed by atoms with Crippen molar-refractivity contribution < 1.29 is 14.7 Å². The number of piperidine rings is 1. The van der Waals surface area contributed by atoms with Crippen LogP contribution in [0.4, 0.5) is 5.82 Å². The van der Waals surface area contributed by atoms with Gasteiger partial charge in [-0.15, -0.1) is 6.42 Å². The lowest BCUT2D eigenvalue weighted by Gasteiger charge is -2.45. The van der Waals surface area contributed by atoms with Gasteiger partial charge in [0.2, 0.25) is 5.91 Å². The smallest absolute Gasteiger partial charge is 0.335 e. The number of rotatable bonds is 5. The van der Waals surface area contributed by atoms with E-state index in [1.807, 2.05) is 11.9 Å². The Bertz CT molecular complexity index is 873. The zero-order chi connectivity index (χ0) is 21.9.